The van der Waals surface area contributed by atoms with Crippen LogP contribution in [0.4, 0.5) is 0 Å². The van der Waals surface area contributed by atoms with Crippen LogP contribution >= 0.6 is 15.9 Å². The highest BCUT2D eigenvalue weighted by Gasteiger charge is 2.13. The monoisotopic (exact) mass is 308 g/mol. The lowest BCUT2D eigenvalue weighted by Crippen LogP contribution is -2.27. The smallest absolute Gasteiger partial charge is 0.289 e. The fourth-order valence-corrected chi connectivity index (χ4v) is 1.69. The molecule has 7 heteroatoms. The number of nitrogens with zero attached hydrogens (tertiary/aromatic N) is 1. The molecule has 0 fully saturated rings. The molecule has 0 aliphatic rings. The SMILES string of the molecule is Bc1ccc(Br)c(ONC(=O)c2cnoc2C)c1. The van der Waals surface area contributed by atoms with Gasteiger partial charge in [-0.15, -0.1) is 0 Å². The number of hydrogen-bond donors (Lipinski definition) is 1. The van der Waals surface area contributed by atoms with Crippen molar-refractivity contribution in [3.63, 3.8) is 0 Å². The minimum Gasteiger partial charge on any atom is -0.378 e. The van der Waals surface area contributed by atoms with Gasteiger partial charge in [-0.1, -0.05) is 16.7 Å². The Labute approximate surface area is 113 Å². The molecule has 1 amide bonds. The fourth-order valence-electron chi connectivity index (χ4n) is 1.36. The highest BCUT2D eigenvalue weighted by molar-refractivity contribution is 9.10. The molecular weight excluding hydrogens is 299 g/mol. The molecule has 1 N–H and O–H groups in total. The third kappa shape index (κ3) is 2.73. The lowest BCUT2D eigenvalue weighted by molar-refractivity contribution is 0.0757. The third-order valence-corrected chi connectivity index (χ3v) is 2.99. The lowest BCUT2D eigenvalue weighted by Gasteiger charge is -2.08. The highest BCUT2D eigenvalue weighted by Crippen LogP contribution is 2.22. The Bertz CT molecular complexity index is 585. The lowest BCUT2D eigenvalue weighted by atomic mass is 9.96. The molecule has 0 aliphatic heterocycles. The molecule has 0 bridgehead atoms. The van der Waals surface area contributed by atoms with E-state index >= 15 is 0 Å². The first-order valence-corrected chi connectivity index (χ1v) is 6.02. The summed E-state index contributed by atoms with van der Waals surface area (Å²) in [5.41, 5.74) is 3.72. The minimum absolute atomic E-state index is 0.346. The number of halogens is 1. The summed E-state index contributed by atoms with van der Waals surface area (Å²) in [5, 5.41) is 3.53. The van der Waals surface area contributed by atoms with Crippen molar-refractivity contribution >= 4 is 35.1 Å². The Morgan fingerprint density at radius 2 is 2.33 bits per heavy atom. The van der Waals surface area contributed by atoms with E-state index in [2.05, 4.69) is 26.6 Å². The average molecular weight is 309 g/mol. The van der Waals surface area contributed by atoms with E-state index in [-0.39, 0.29) is 0 Å². The Morgan fingerprint density at radius 1 is 1.56 bits per heavy atom. The summed E-state index contributed by atoms with van der Waals surface area (Å²) >= 11 is 3.34. The quantitative estimate of drug-likeness (QED) is 0.670. The van der Waals surface area contributed by atoms with Gasteiger partial charge in [0.05, 0.1) is 10.7 Å². The number of hydrogen-bond acceptors (Lipinski definition) is 4. The Kier molecular flexibility index (Phi) is 3.71. The van der Waals surface area contributed by atoms with Crippen LogP contribution in [0.2, 0.25) is 0 Å². The maximum atomic E-state index is 11.7. The molecule has 0 saturated carbocycles. The molecule has 1 aromatic heterocycles. The number of rotatable bonds is 3. The summed E-state index contributed by atoms with van der Waals surface area (Å²) in [6, 6.07) is 5.59. The van der Waals surface area contributed by atoms with Crippen LogP contribution in [-0.2, 0) is 0 Å². The van der Waals surface area contributed by atoms with E-state index < -0.39 is 5.91 Å². The van der Waals surface area contributed by atoms with E-state index in [0.29, 0.717) is 17.1 Å². The van der Waals surface area contributed by atoms with E-state index in [4.69, 9.17) is 9.36 Å². The normalized spacial score (nSPS) is 10.1. The van der Waals surface area contributed by atoms with Gasteiger partial charge in [0.2, 0.25) is 0 Å². The number of carbonyl (C=O) groups excluding carboxylic acids is 1. The summed E-state index contributed by atoms with van der Waals surface area (Å²) in [4.78, 5) is 17.0. The topological polar surface area (TPSA) is 64.4 Å². The molecule has 18 heavy (non-hydrogen) atoms. The van der Waals surface area contributed by atoms with Gasteiger partial charge in [-0.05, 0) is 35.0 Å². The first-order valence-electron chi connectivity index (χ1n) is 5.22. The predicted octanol–water partition coefficient (Wildman–Crippen LogP) is 0.728. The standard InChI is InChI=1S/C11H10BBrN2O3/c1-6-8(5-14-17-6)11(16)15-18-10-4-7(12)2-3-9(10)13/h2-5H,12H2,1H3,(H,15,16). The summed E-state index contributed by atoms with van der Waals surface area (Å²) in [5.74, 6) is 0.582. The molecule has 0 spiro atoms. The summed E-state index contributed by atoms with van der Waals surface area (Å²) in [6.07, 6.45) is 1.35. The molecule has 1 heterocycles. The predicted molar refractivity (Wildman–Crippen MR) is 71.7 cm³/mol. The largest absolute Gasteiger partial charge is 0.378 e. The molecule has 92 valence electrons. The van der Waals surface area contributed by atoms with Gasteiger partial charge in [-0.2, -0.15) is 5.48 Å². The van der Waals surface area contributed by atoms with E-state index in [9.17, 15) is 4.79 Å². The van der Waals surface area contributed by atoms with Gasteiger partial charge in [0, 0.05) is 0 Å². The first-order chi connectivity index (χ1) is 8.58. The molecular formula is C11H10BBrN2O3. The minimum atomic E-state index is -0.401. The van der Waals surface area contributed by atoms with Crippen molar-refractivity contribution in [2.75, 3.05) is 0 Å². The highest BCUT2D eigenvalue weighted by atomic mass is 79.9. The molecule has 0 saturated heterocycles. The zero-order chi connectivity index (χ0) is 13.1. The van der Waals surface area contributed by atoms with E-state index in [0.717, 1.165) is 9.94 Å². The van der Waals surface area contributed by atoms with E-state index in [1.54, 1.807) is 6.92 Å². The van der Waals surface area contributed by atoms with Crippen LogP contribution in [0, 0.1) is 6.92 Å². The number of hydroxylamine groups is 1. The third-order valence-electron chi connectivity index (χ3n) is 2.34. The van der Waals surface area contributed by atoms with Crippen LogP contribution in [0.3, 0.4) is 0 Å². The molecule has 0 unspecified atom stereocenters. The van der Waals surface area contributed by atoms with Crippen LogP contribution in [0.25, 0.3) is 0 Å². The Balaban J connectivity index is 2.06. The molecule has 0 aliphatic carbocycles. The average Bonchev–Trinajstić information content (AvgIpc) is 2.76. The second-order valence-electron chi connectivity index (χ2n) is 3.76. The van der Waals surface area contributed by atoms with Gasteiger partial charge in [0.1, 0.15) is 19.2 Å². The molecule has 2 aromatic rings. The summed E-state index contributed by atoms with van der Waals surface area (Å²) in [6.45, 7) is 1.66. The van der Waals surface area contributed by atoms with Crippen LogP contribution < -0.4 is 15.8 Å². The summed E-state index contributed by atoms with van der Waals surface area (Å²) < 4.78 is 5.56. The van der Waals surface area contributed by atoms with Gasteiger partial charge >= 0.3 is 0 Å². The van der Waals surface area contributed by atoms with Crippen molar-refractivity contribution in [2.24, 2.45) is 0 Å². The maximum absolute atomic E-state index is 11.7. The number of amides is 1. The molecule has 1 aromatic carbocycles. The zero-order valence-electron chi connectivity index (χ0n) is 9.86. The first kappa shape index (κ1) is 12.7. The molecule has 2 rings (SSSR count). The van der Waals surface area contributed by atoms with Crippen molar-refractivity contribution in [1.82, 2.24) is 10.6 Å². The van der Waals surface area contributed by atoms with Gasteiger partial charge in [-0.25, -0.2) is 0 Å². The number of aromatic nitrogens is 1. The number of aryl methyl sites for hydroxylation is 1. The Hall–Kier alpha value is -1.76. The number of carbonyl (C=O) groups is 1. The van der Waals surface area contributed by atoms with Crippen molar-refractivity contribution < 1.29 is 14.2 Å². The van der Waals surface area contributed by atoms with E-state index in [1.807, 2.05) is 26.0 Å². The second-order valence-corrected chi connectivity index (χ2v) is 4.62. The van der Waals surface area contributed by atoms with Crippen LogP contribution in [0.5, 0.6) is 5.75 Å². The van der Waals surface area contributed by atoms with Crippen molar-refractivity contribution in [2.45, 2.75) is 6.92 Å². The van der Waals surface area contributed by atoms with E-state index in [1.165, 1.54) is 6.20 Å². The summed E-state index contributed by atoms with van der Waals surface area (Å²) in [7, 11) is 1.94. The molecule has 0 atom stereocenters. The second kappa shape index (κ2) is 5.26. The van der Waals surface area contributed by atoms with Gasteiger partial charge in [0.25, 0.3) is 5.91 Å². The van der Waals surface area contributed by atoms with Crippen LogP contribution in [0.15, 0.2) is 33.4 Å². The van der Waals surface area contributed by atoms with Gasteiger partial charge in [0.15, 0.2) is 5.75 Å². The number of benzene rings is 1. The zero-order valence-corrected chi connectivity index (χ0v) is 11.4. The maximum Gasteiger partial charge on any atom is 0.289 e. The number of nitrogens with one attached hydrogen (secondary N) is 1. The Morgan fingerprint density at radius 3 is 3.00 bits per heavy atom. The van der Waals surface area contributed by atoms with Crippen molar-refractivity contribution in [3.05, 3.63) is 40.2 Å². The van der Waals surface area contributed by atoms with Gasteiger partial charge < -0.3 is 9.36 Å². The van der Waals surface area contributed by atoms with Crippen molar-refractivity contribution in [1.29, 1.82) is 0 Å². The molecule has 0 radical (unpaired) electrons. The van der Waals surface area contributed by atoms with Crippen molar-refractivity contribution in [3.8, 4) is 5.75 Å². The molecule has 5 nitrogen and oxygen atoms in total. The fraction of sp³-hybridized carbons (Fsp3) is 0.0909. The van der Waals surface area contributed by atoms with Crippen LogP contribution in [0.1, 0.15) is 16.1 Å². The van der Waals surface area contributed by atoms with Gasteiger partial charge in [-0.3, -0.25) is 4.79 Å². The van der Waals surface area contributed by atoms with Crippen LogP contribution in [-0.4, -0.2) is 18.9 Å².